The van der Waals surface area contributed by atoms with Crippen molar-refractivity contribution in [3.8, 4) is 0 Å². The summed E-state index contributed by atoms with van der Waals surface area (Å²) >= 11 is 0. The maximum Gasteiger partial charge on any atom is 0.219 e. The van der Waals surface area contributed by atoms with E-state index < -0.39 is 10.0 Å². The summed E-state index contributed by atoms with van der Waals surface area (Å²) in [5.41, 5.74) is 0.930. The molecule has 0 bridgehead atoms. The molecule has 1 amide bonds. The Labute approximate surface area is 131 Å². The maximum atomic E-state index is 12.8. The number of sulfonamides is 1. The SMILES string of the molecule is CCCS(=O)(=O)NCCN(CCc1ccc(F)cc1)C(C)=O. The highest BCUT2D eigenvalue weighted by Crippen LogP contribution is 2.05. The average Bonchev–Trinajstić information content (AvgIpc) is 2.43. The number of hydrogen-bond acceptors (Lipinski definition) is 3. The zero-order chi connectivity index (χ0) is 16.6. The number of carbonyl (C=O) groups is 1. The monoisotopic (exact) mass is 330 g/mol. The Bertz CT molecular complexity index is 573. The molecule has 22 heavy (non-hydrogen) atoms. The fourth-order valence-corrected chi connectivity index (χ4v) is 3.10. The van der Waals surface area contributed by atoms with Gasteiger partial charge in [-0.15, -0.1) is 0 Å². The molecule has 0 spiro atoms. The first-order valence-corrected chi connectivity index (χ1v) is 8.96. The number of nitrogens with zero attached hydrogens (tertiary/aromatic N) is 1. The van der Waals surface area contributed by atoms with Crippen LogP contribution in [0.4, 0.5) is 4.39 Å². The molecule has 1 aromatic carbocycles. The summed E-state index contributed by atoms with van der Waals surface area (Å²) in [5.74, 6) is -0.322. The van der Waals surface area contributed by atoms with Gasteiger partial charge >= 0.3 is 0 Å². The van der Waals surface area contributed by atoms with E-state index in [4.69, 9.17) is 0 Å². The second-order valence-electron chi connectivity index (χ2n) is 5.10. The van der Waals surface area contributed by atoms with Crippen molar-refractivity contribution in [2.45, 2.75) is 26.7 Å². The van der Waals surface area contributed by atoms with Gasteiger partial charge in [0.25, 0.3) is 0 Å². The van der Waals surface area contributed by atoms with E-state index in [1.807, 2.05) is 0 Å². The first-order valence-electron chi connectivity index (χ1n) is 7.31. The number of hydrogen-bond donors (Lipinski definition) is 1. The first-order chi connectivity index (χ1) is 10.3. The molecule has 1 N–H and O–H groups in total. The molecule has 1 rings (SSSR count). The molecule has 0 aliphatic heterocycles. The second kappa shape index (κ2) is 8.85. The Balaban J connectivity index is 2.45. The van der Waals surface area contributed by atoms with E-state index in [1.165, 1.54) is 19.1 Å². The van der Waals surface area contributed by atoms with E-state index in [0.29, 0.717) is 25.9 Å². The molecule has 5 nitrogen and oxygen atoms in total. The van der Waals surface area contributed by atoms with Crippen molar-refractivity contribution in [2.24, 2.45) is 0 Å². The molecule has 0 saturated heterocycles. The smallest absolute Gasteiger partial charge is 0.219 e. The first kappa shape index (κ1) is 18.6. The van der Waals surface area contributed by atoms with Crippen LogP contribution in [-0.2, 0) is 21.2 Å². The van der Waals surface area contributed by atoms with E-state index in [1.54, 1.807) is 24.0 Å². The third kappa shape index (κ3) is 7.00. The van der Waals surface area contributed by atoms with Crippen molar-refractivity contribution in [3.05, 3.63) is 35.6 Å². The van der Waals surface area contributed by atoms with Crippen molar-refractivity contribution in [3.63, 3.8) is 0 Å². The Morgan fingerprint density at radius 2 is 1.86 bits per heavy atom. The van der Waals surface area contributed by atoms with E-state index in [2.05, 4.69) is 4.72 Å². The van der Waals surface area contributed by atoms with Crippen LogP contribution in [0.5, 0.6) is 0 Å². The minimum atomic E-state index is -3.25. The molecule has 1 aromatic rings. The number of rotatable bonds is 9. The van der Waals surface area contributed by atoms with Crippen LogP contribution < -0.4 is 4.72 Å². The second-order valence-corrected chi connectivity index (χ2v) is 7.02. The van der Waals surface area contributed by atoms with Gasteiger partial charge in [-0.1, -0.05) is 19.1 Å². The van der Waals surface area contributed by atoms with Gasteiger partial charge in [-0.05, 0) is 30.5 Å². The van der Waals surface area contributed by atoms with Crippen molar-refractivity contribution < 1.29 is 17.6 Å². The quantitative estimate of drug-likeness (QED) is 0.747. The summed E-state index contributed by atoms with van der Waals surface area (Å²) < 4.78 is 38.4. The molecule has 0 unspecified atom stereocenters. The molecule has 7 heteroatoms. The lowest BCUT2D eigenvalue weighted by atomic mass is 10.1. The molecule has 124 valence electrons. The largest absolute Gasteiger partial charge is 0.341 e. The minimum Gasteiger partial charge on any atom is -0.341 e. The van der Waals surface area contributed by atoms with Gasteiger partial charge in [-0.3, -0.25) is 4.79 Å². The minimum absolute atomic E-state index is 0.0860. The van der Waals surface area contributed by atoms with Crippen LogP contribution in [0.25, 0.3) is 0 Å². The third-order valence-electron chi connectivity index (χ3n) is 3.21. The summed E-state index contributed by atoms with van der Waals surface area (Å²) in [6.45, 7) is 4.23. The van der Waals surface area contributed by atoms with Crippen LogP contribution in [0, 0.1) is 5.82 Å². The summed E-state index contributed by atoms with van der Waals surface area (Å²) in [7, 11) is -3.25. The summed E-state index contributed by atoms with van der Waals surface area (Å²) in [6.07, 6.45) is 1.15. The molecule has 0 aliphatic carbocycles. The Morgan fingerprint density at radius 3 is 2.41 bits per heavy atom. The molecule has 0 heterocycles. The van der Waals surface area contributed by atoms with Crippen LogP contribution in [0.2, 0.25) is 0 Å². The van der Waals surface area contributed by atoms with Crippen LogP contribution in [0.15, 0.2) is 24.3 Å². The number of carbonyl (C=O) groups excluding carboxylic acids is 1. The predicted molar refractivity (Wildman–Crippen MR) is 84.4 cm³/mol. The third-order valence-corrected chi connectivity index (χ3v) is 4.80. The molecule has 0 aromatic heterocycles. The normalized spacial score (nSPS) is 11.4. The molecule has 0 aliphatic rings. The zero-order valence-electron chi connectivity index (χ0n) is 13.0. The lowest BCUT2D eigenvalue weighted by Gasteiger charge is -2.21. The van der Waals surface area contributed by atoms with Crippen molar-refractivity contribution in [1.82, 2.24) is 9.62 Å². The summed E-state index contributed by atoms with van der Waals surface area (Å²) in [4.78, 5) is 13.2. The highest BCUT2D eigenvalue weighted by molar-refractivity contribution is 7.89. The zero-order valence-corrected chi connectivity index (χ0v) is 13.8. The predicted octanol–water partition coefficient (Wildman–Crippen LogP) is 1.55. The van der Waals surface area contributed by atoms with Gasteiger partial charge in [0, 0.05) is 26.6 Å². The summed E-state index contributed by atoms with van der Waals surface area (Å²) in [6, 6.07) is 6.12. The van der Waals surface area contributed by atoms with Crippen LogP contribution in [0.3, 0.4) is 0 Å². The Hall–Kier alpha value is -1.47. The number of halogens is 1. The molecular weight excluding hydrogens is 307 g/mol. The standard InChI is InChI=1S/C15H23FN2O3S/c1-3-12-22(20,21)17-9-11-18(13(2)19)10-8-14-4-6-15(16)7-5-14/h4-7,17H,3,8-12H2,1-2H3. The highest BCUT2D eigenvalue weighted by Gasteiger charge is 2.12. The van der Waals surface area contributed by atoms with Gasteiger partial charge in [0.1, 0.15) is 5.82 Å². The van der Waals surface area contributed by atoms with E-state index in [-0.39, 0.29) is 24.0 Å². The van der Waals surface area contributed by atoms with E-state index in [0.717, 1.165) is 5.56 Å². The highest BCUT2D eigenvalue weighted by atomic mass is 32.2. The van der Waals surface area contributed by atoms with Gasteiger partial charge in [-0.2, -0.15) is 0 Å². The van der Waals surface area contributed by atoms with Crippen molar-refractivity contribution in [2.75, 3.05) is 25.4 Å². The van der Waals surface area contributed by atoms with Crippen molar-refractivity contribution >= 4 is 15.9 Å². The number of nitrogens with one attached hydrogen (secondary N) is 1. The van der Waals surface area contributed by atoms with Gasteiger partial charge in [0.15, 0.2) is 0 Å². The fraction of sp³-hybridized carbons (Fsp3) is 0.533. The number of amides is 1. The number of benzene rings is 1. The lowest BCUT2D eigenvalue weighted by Crippen LogP contribution is -2.39. The molecule has 0 fully saturated rings. The van der Waals surface area contributed by atoms with Crippen LogP contribution in [-0.4, -0.2) is 44.6 Å². The molecule has 0 saturated carbocycles. The molecule has 0 atom stereocenters. The molecular formula is C15H23FN2O3S. The van der Waals surface area contributed by atoms with E-state index in [9.17, 15) is 17.6 Å². The Morgan fingerprint density at radius 1 is 1.23 bits per heavy atom. The Kier molecular flexibility index (Phi) is 7.47. The van der Waals surface area contributed by atoms with E-state index >= 15 is 0 Å². The fourth-order valence-electron chi connectivity index (χ4n) is 2.02. The van der Waals surface area contributed by atoms with Gasteiger partial charge in [0.2, 0.25) is 15.9 Å². The van der Waals surface area contributed by atoms with Crippen LogP contribution >= 0.6 is 0 Å². The van der Waals surface area contributed by atoms with Gasteiger partial charge < -0.3 is 4.90 Å². The maximum absolute atomic E-state index is 12.8. The summed E-state index contributed by atoms with van der Waals surface area (Å²) in [5, 5.41) is 0. The van der Waals surface area contributed by atoms with Gasteiger partial charge in [-0.25, -0.2) is 17.5 Å². The molecule has 0 radical (unpaired) electrons. The average molecular weight is 330 g/mol. The topological polar surface area (TPSA) is 66.5 Å². The van der Waals surface area contributed by atoms with Crippen molar-refractivity contribution in [1.29, 1.82) is 0 Å². The lowest BCUT2D eigenvalue weighted by molar-refractivity contribution is -0.128. The van der Waals surface area contributed by atoms with Gasteiger partial charge in [0.05, 0.1) is 5.75 Å². The van der Waals surface area contributed by atoms with Crippen LogP contribution in [0.1, 0.15) is 25.8 Å².